The first-order valence-corrected chi connectivity index (χ1v) is 6.80. The van der Waals surface area contributed by atoms with E-state index in [1.54, 1.807) is 0 Å². The first-order valence-electron chi connectivity index (χ1n) is 6.80. The summed E-state index contributed by atoms with van der Waals surface area (Å²) in [6.45, 7) is 4.63. The fraction of sp³-hybridized carbons (Fsp3) is 0.600. The molecule has 1 spiro atoms. The van der Waals surface area contributed by atoms with Crippen molar-refractivity contribution in [3.05, 3.63) is 23.8 Å². The molecule has 0 aromatic heterocycles. The summed E-state index contributed by atoms with van der Waals surface area (Å²) >= 11 is 0. The third-order valence-corrected chi connectivity index (χ3v) is 4.65. The van der Waals surface area contributed by atoms with Gasteiger partial charge >= 0.3 is 0 Å². The second-order valence-corrected chi connectivity index (χ2v) is 5.91. The first kappa shape index (κ1) is 10.9. The Kier molecular flexibility index (Phi) is 2.53. The molecule has 1 aliphatic heterocycles. The van der Waals surface area contributed by atoms with Crippen LogP contribution in [0.5, 0.6) is 0 Å². The van der Waals surface area contributed by atoms with E-state index in [-0.39, 0.29) is 0 Å². The number of hydrogen-bond acceptors (Lipinski definition) is 2. The van der Waals surface area contributed by atoms with Crippen LogP contribution >= 0.6 is 0 Å². The number of rotatable bonds is 1. The summed E-state index contributed by atoms with van der Waals surface area (Å²) < 4.78 is 0. The number of nitrogens with zero attached hydrogens (tertiary/aromatic N) is 1. The minimum absolute atomic E-state index is 0.648. The maximum atomic E-state index is 5.98. The molecule has 0 amide bonds. The van der Waals surface area contributed by atoms with Gasteiger partial charge in [-0.2, -0.15) is 0 Å². The average molecular weight is 230 g/mol. The quantitative estimate of drug-likeness (QED) is 0.750. The van der Waals surface area contributed by atoms with Crippen molar-refractivity contribution in [1.29, 1.82) is 0 Å². The van der Waals surface area contributed by atoms with Crippen molar-refractivity contribution in [2.24, 2.45) is 5.41 Å². The predicted molar refractivity (Wildman–Crippen MR) is 73.3 cm³/mol. The minimum atomic E-state index is 0.648. The lowest BCUT2D eigenvalue weighted by Crippen LogP contribution is -2.57. The third kappa shape index (κ3) is 1.80. The molecule has 0 bridgehead atoms. The second-order valence-electron chi connectivity index (χ2n) is 5.91. The van der Waals surface area contributed by atoms with Gasteiger partial charge in [0.15, 0.2) is 0 Å². The molecule has 2 N–H and O–H groups in total. The standard InChI is InChI=1S/C15H22N2/c1-12-13(16)6-5-7-14(12)17-10-15(11-17)8-3-2-4-9-15/h5-7H,2-4,8-11,16H2,1H3. The van der Waals surface area contributed by atoms with E-state index in [1.165, 1.54) is 56.4 Å². The SMILES string of the molecule is Cc1c(N)cccc1N1CC2(CCCCC2)C1. The largest absolute Gasteiger partial charge is 0.398 e. The molecule has 17 heavy (non-hydrogen) atoms. The van der Waals surface area contributed by atoms with Gasteiger partial charge in [0, 0.05) is 29.9 Å². The lowest BCUT2D eigenvalue weighted by molar-refractivity contribution is 0.139. The molecule has 2 fully saturated rings. The molecular formula is C15H22N2. The predicted octanol–water partition coefficient (Wildman–Crippen LogP) is 3.35. The lowest BCUT2D eigenvalue weighted by atomic mass is 9.68. The average Bonchev–Trinajstić information content (AvgIpc) is 2.31. The highest BCUT2D eigenvalue weighted by atomic mass is 15.2. The number of benzene rings is 1. The van der Waals surface area contributed by atoms with E-state index in [0.717, 1.165) is 5.69 Å². The van der Waals surface area contributed by atoms with E-state index < -0.39 is 0 Å². The van der Waals surface area contributed by atoms with Gasteiger partial charge in [-0.15, -0.1) is 0 Å². The van der Waals surface area contributed by atoms with Crippen LogP contribution in [0.15, 0.2) is 18.2 Å². The van der Waals surface area contributed by atoms with E-state index in [1.807, 2.05) is 6.07 Å². The molecule has 92 valence electrons. The Labute approximate surface area is 104 Å². The summed E-state index contributed by atoms with van der Waals surface area (Å²) in [5.74, 6) is 0. The summed E-state index contributed by atoms with van der Waals surface area (Å²) in [6, 6.07) is 6.28. The van der Waals surface area contributed by atoms with Crippen LogP contribution in [-0.2, 0) is 0 Å². The molecule has 1 aromatic rings. The Balaban J connectivity index is 1.74. The zero-order valence-corrected chi connectivity index (χ0v) is 10.7. The fourth-order valence-corrected chi connectivity index (χ4v) is 3.54. The normalized spacial score (nSPS) is 22.5. The molecule has 1 aliphatic carbocycles. The topological polar surface area (TPSA) is 29.3 Å². The number of nitrogen functional groups attached to an aromatic ring is 1. The van der Waals surface area contributed by atoms with Crippen molar-refractivity contribution in [1.82, 2.24) is 0 Å². The third-order valence-electron chi connectivity index (χ3n) is 4.65. The molecule has 2 aliphatic rings. The van der Waals surface area contributed by atoms with E-state index >= 15 is 0 Å². The molecule has 0 atom stereocenters. The smallest absolute Gasteiger partial charge is 0.0417 e. The van der Waals surface area contributed by atoms with Gasteiger partial charge in [-0.3, -0.25) is 0 Å². The molecule has 1 saturated carbocycles. The lowest BCUT2D eigenvalue weighted by Gasteiger charge is -2.54. The van der Waals surface area contributed by atoms with E-state index in [2.05, 4.69) is 24.0 Å². The Morgan fingerprint density at radius 1 is 1.12 bits per heavy atom. The number of hydrogen-bond donors (Lipinski definition) is 1. The molecule has 1 heterocycles. The molecule has 1 saturated heterocycles. The van der Waals surface area contributed by atoms with Gasteiger partial charge in [-0.05, 0) is 37.5 Å². The molecule has 0 radical (unpaired) electrons. The maximum absolute atomic E-state index is 5.98. The van der Waals surface area contributed by atoms with Crippen molar-refractivity contribution in [2.45, 2.75) is 39.0 Å². The maximum Gasteiger partial charge on any atom is 0.0417 e. The van der Waals surface area contributed by atoms with E-state index in [9.17, 15) is 0 Å². The molecule has 2 nitrogen and oxygen atoms in total. The highest BCUT2D eigenvalue weighted by Crippen LogP contribution is 2.46. The highest BCUT2D eigenvalue weighted by Gasteiger charge is 2.43. The van der Waals surface area contributed by atoms with Gasteiger partial charge in [-0.1, -0.05) is 25.3 Å². The molecule has 3 rings (SSSR count). The highest BCUT2D eigenvalue weighted by molar-refractivity contribution is 5.65. The monoisotopic (exact) mass is 230 g/mol. The zero-order valence-electron chi connectivity index (χ0n) is 10.7. The molecule has 1 aromatic carbocycles. The van der Waals surface area contributed by atoms with Crippen molar-refractivity contribution in [2.75, 3.05) is 23.7 Å². The Morgan fingerprint density at radius 2 is 1.82 bits per heavy atom. The fourth-order valence-electron chi connectivity index (χ4n) is 3.54. The first-order chi connectivity index (χ1) is 8.20. The summed E-state index contributed by atoms with van der Waals surface area (Å²) in [6.07, 6.45) is 7.18. The summed E-state index contributed by atoms with van der Waals surface area (Å²) in [5.41, 5.74) is 10.1. The minimum Gasteiger partial charge on any atom is -0.398 e. The van der Waals surface area contributed by atoms with Crippen molar-refractivity contribution in [3.63, 3.8) is 0 Å². The Hall–Kier alpha value is -1.18. The van der Waals surface area contributed by atoms with E-state index in [4.69, 9.17) is 5.73 Å². The van der Waals surface area contributed by atoms with Crippen LogP contribution in [-0.4, -0.2) is 13.1 Å². The Bertz CT molecular complexity index is 411. The van der Waals surface area contributed by atoms with Crippen molar-refractivity contribution < 1.29 is 0 Å². The van der Waals surface area contributed by atoms with Gasteiger partial charge in [0.2, 0.25) is 0 Å². The van der Waals surface area contributed by atoms with Crippen molar-refractivity contribution in [3.8, 4) is 0 Å². The summed E-state index contributed by atoms with van der Waals surface area (Å²) in [4.78, 5) is 2.51. The molecule has 2 heteroatoms. The van der Waals surface area contributed by atoms with Crippen LogP contribution in [0.25, 0.3) is 0 Å². The van der Waals surface area contributed by atoms with Crippen LogP contribution < -0.4 is 10.6 Å². The van der Waals surface area contributed by atoms with Gasteiger partial charge < -0.3 is 10.6 Å². The molecular weight excluding hydrogens is 208 g/mol. The summed E-state index contributed by atoms with van der Waals surface area (Å²) in [5, 5.41) is 0. The van der Waals surface area contributed by atoms with Gasteiger partial charge in [0.05, 0.1) is 0 Å². The van der Waals surface area contributed by atoms with Gasteiger partial charge in [0.1, 0.15) is 0 Å². The van der Waals surface area contributed by atoms with Crippen LogP contribution in [0.4, 0.5) is 11.4 Å². The summed E-state index contributed by atoms with van der Waals surface area (Å²) in [7, 11) is 0. The molecule has 0 unspecified atom stereocenters. The number of anilines is 2. The van der Waals surface area contributed by atoms with Crippen molar-refractivity contribution >= 4 is 11.4 Å². The second kappa shape index (κ2) is 3.94. The van der Waals surface area contributed by atoms with Gasteiger partial charge in [0.25, 0.3) is 0 Å². The Morgan fingerprint density at radius 3 is 2.53 bits per heavy atom. The zero-order chi connectivity index (χ0) is 11.9. The van der Waals surface area contributed by atoms with E-state index in [0.29, 0.717) is 5.41 Å². The van der Waals surface area contributed by atoms with Crippen LogP contribution in [0, 0.1) is 12.3 Å². The van der Waals surface area contributed by atoms with Crippen LogP contribution in [0.3, 0.4) is 0 Å². The number of nitrogens with two attached hydrogens (primary N) is 1. The van der Waals surface area contributed by atoms with Crippen LogP contribution in [0.1, 0.15) is 37.7 Å². The van der Waals surface area contributed by atoms with Gasteiger partial charge in [-0.25, -0.2) is 0 Å². The van der Waals surface area contributed by atoms with Crippen LogP contribution in [0.2, 0.25) is 0 Å².